The maximum absolute atomic E-state index is 11.3. The number of hydrogen-bond donors (Lipinski definition) is 1. The molecular weight excluding hydrogens is 234 g/mol. The van der Waals surface area contributed by atoms with Crippen molar-refractivity contribution >= 4 is 15.5 Å². The van der Waals surface area contributed by atoms with Crippen molar-refractivity contribution in [3.8, 4) is 0 Å². The molecule has 0 saturated heterocycles. The number of benzene rings is 1. The topological polar surface area (TPSA) is 97.5 Å². The fourth-order valence-electron chi connectivity index (χ4n) is 1.07. The molecule has 1 aromatic rings. The van der Waals surface area contributed by atoms with E-state index in [-0.39, 0.29) is 11.4 Å². The van der Waals surface area contributed by atoms with Gasteiger partial charge in [0.1, 0.15) is 0 Å². The van der Waals surface area contributed by atoms with Gasteiger partial charge in [0.25, 0.3) is 5.69 Å². The van der Waals surface area contributed by atoms with Crippen molar-refractivity contribution in [2.45, 2.75) is 18.1 Å². The summed E-state index contributed by atoms with van der Waals surface area (Å²) in [4.78, 5) is 9.79. The van der Waals surface area contributed by atoms with Gasteiger partial charge in [-0.05, 0) is 12.5 Å². The first kappa shape index (κ1) is 12.6. The zero-order valence-corrected chi connectivity index (χ0v) is 9.35. The van der Waals surface area contributed by atoms with Crippen LogP contribution in [0.1, 0.15) is 12.5 Å². The Balaban J connectivity index is 2.89. The van der Waals surface area contributed by atoms with Gasteiger partial charge in [0.15, 0.2) is 15.3 Å². The molecule has 7 heteroatoms. The number of non-ortho nitro benzene ring substituents is 1. The van der Waals surface area contributed by atoms with Gasteiger partial charge in [-0.25, -0.2) is 8.42 Å². The third-order valence-electron chi connectivity index (χ3n) is 2.03. The fourth-order valence-corrected chi connectivity index (χ4v) is 1.97. The van der Waals surface area contributed by atoms with Crippen LogP contribution in [0.5, 0.6) is 0 Å². The molecule has 0 bridgehead atoms. The number of nitro benzene ring substituents is 1. The quantitative estimate of drug-likeness (QED) is 0.626. The highest BCUT2D eigenvalue weighted by Gasteiger charge is 2.18. The van der Waals surface area contributed by atoms with E-state index < -0.39 is 20.2 Å². The number of nitrogens with zero attached hydrogens (tertiary/aromatic N) is 1. The van der Waals surface area contributed by atoms with E-state index in [1.165, 1.54) is 31.2 Å². The number of nitro groups is 1. The van der Waals surface area contributed by atoms with Crippen molar-refractivity contribution in [3.05, 3.63) is 39.9 Å². The van der Waals surface area contributed by atoms with E-state index in [1.807, 2.05) is 0 Å². The minimum Gasteiger partial charge on any atom is -0.377 e. The summed E-state index contributed by atoms with van der Waals surface area (Å²) >= 11 is 0. The summed E-state index contributed by atoms with van der Waals surface area (Å²) in [6.07, 6.45) is 0. The molecule has 1 N–H and O–H groups in total. The number of hydrogen-bond acceptors (Lipinski definition) is 5. The van der Waals surface area contributed by atoms with Crippen molar-refractivity contribution in [2.75, 3.05) is 0 Å². The Kier molecular flexibility index (Phi) is 3.61. The van der Waals surface area contributed by atoms with Gasteiger partial charge in [-0.2, -0.15) is 0 Å². The molecule has 0 aliphatic heterocycles. The summed E-state index contributed by atoms with van der Waals surface area (Å²) in [7, 11) is -3.60. The molecule has 1 atom stereocenters. The Morgan fingerprint density at radius 2 is 1.88 bits per heavy atom. The van der Waals surface area contributed by atoms with Crippen LogP contribution in [-0.4, -0.2) is 23.9 Å². The van der Waals surface area contributed by atoms with Gasteiger partial charge in [-0.3, -0.25) is 10.1 Å². The van der Waals surface area contributed by atoms with E-state index >= 15 is 0 Å². The summed E-state index contributed by atoms with van der Waals surface area (Å²) in [5.74, 6) is -0.331. The van der Waals surface area contributed by atoms with Gasteiger partial charge in [-0.1, -0.05) is 12.1 Å². The summed E-state index contributed by atoms with van der Waals surface area (Å²) in [6.45, 7) is 1.17. The number of aliphatic hydroxyl groups excluding tert-OH is 1. The molecule has 1 rings (SSSR count). The molecule has 0 amide bonds. The van der Waals surface area contributed by atoms with E-state index in [0.717, 1.165) is 0 Å². The van der Waals surface area contributed by atoms with Crippen molar-refractivity contribution < 1.29 is 18.4 Å². The van der Waals surface area contributed by atoms with Gasteiger partial charge in [0.2, 0.25) is 0 Å². The Bertz CT molecular complexity index is 477. The molecule has 88 valence electrons. The predicted octanol–water partition coefficient (Wildman–Crippen LogP) is 0.848. The molecule has 0 saturated carbocycles. The lowest BCUT2D eigenvalue weighted by atomic mass is 10.2. The first-order valence-corrected chi connectivity index (χ1v) is 6.17. The zero-order chi connectivity index (χ0) is 12.3. The van der Waals surface area contributed by atoms with Gasteiger partial charge < -0.3 is 5.11 Å². The maximum atomic E-state index is 11.3. The third kappa shape index (κ3) is 3.01. The fraction of sp³-hybridized carbons (Fsp3) is 0.333. The number of rotatable bonds is 4. The molecule has 0 radical (unpaired) electrons. The molecule has 0 aromatic heterocycles. The Labute approximate surface area is 92.6 Å². The Hall–Kier alpha value is -1.47. The van der Waals surface area contributed by atoms with E-state index in [9.17, 15) is 18.5 Å². The lowest BCUT2D eigenvalue weighted by molar-refractivity contribution is -0.384. The Morgan fingerprint density at radius 1 is 1.38 bits per heavy atom. The normalized spacial score (nSPS) is 13.4. The highest BCUT2D eigenvalue weighted by molar-refractivity contribution is 7.91. The second kappa shape index (κ2) is 4.58. The van der Waals surface area contributed by atoms with Crippen LogP contribution in [-0.2, 0) is 15.6 Å². The van der Waals surface area contributed by atoms with E-state index in [2.05, 4.69) is 0 Å². The smallest absolute Gasteiger partial charge is 0.269 e. The lowest BCUT2D eigenvalue weighted by Gasteiger charge is -2.06. The standard InChI is InChI=1S/C9H11NO5S/c1-7(11)16(14,15)6-8-2-4-9(5-3-8)10(12)13/h2-5,7,11H,6H2,1H3. The second-order valence-corrected chi connectivity index (χ2v) is 5.63. The second-order valence-electron chi connectivity index (χ2n) is 3.33. The summed E-state index contributed by atoms with van der Waals surface area (Å²) < 4.78 is 22.7. The highest BCUT2D eigenvalue weighted by Crippen LogP contribution is 2.15. The van der Waals surface area contributed by atoms with Crippen molar-refractivity contribution in [3.63, 3.8) is 0 Å². The highest BCUT2D eigenvalue weighted by atomic mass is 32.2. The van der Waals surface area contributed by atoms with Crippen LogP contribution in [0.3, 0.4) is 0 Å². The maximum Gasteiger partial charge on any atom is 0.269 e. The third-order valence-corrected chi connectivity index (χ3v) is 3.81. The zero-order valence-electron chi connectivity index (χ0n) is 8.53. The van der Waals surface area contributed by atoms with Gasteiger partial charge in [-0.15, -0.1) is 0 Å². The molecule has 0 aliphatic carbocycles. The summed E-state index contributed by atoms with van der Waals surface area (Å²) in [5, 5.41) is 19.3. The molecule has 16 heavy (non-hydrogen) atoms. The van der Waals surface area contributed by atoms with Crippen molar-refractivity contribution in [2.24, 2.45) is 0 Å². The summed E-state index contributed by atoms with van der Waals surface area (Å²) in [5.41, 5.74) is -1.13. The molecule has 1 aromatic carbocycles. The average molecular weight is 245 g/mol. The molecule has 1 unspecified atom stereocenters. The monoisotopic (exact) mass is 245 g/mol. The van der Waals surface area contributed by atoms with Crippen LogP contribution in [0, 0.1) is 10.1 Å². The molecule has 0 fully saturated rings. The molecule has 6 nitrogen and oxygen atoms in total. The first-order chi connectivity index (χ1) is 7.33. The van der Waals surface area contributed by atoms with Crippen LogP contribution in [0.4, 0.5) is 5.69 Å². The Morgan fingerprint density at radius 3 is 2.25 bits per heavy atom. The predicted molar refractivity (Wildman–Crippen MR) is 57.4 cm³/mol. The van der Waals surface area contributed by atoms with Crippen LogP contribution >= 0.6 is 0 Å². The number of sulfone groups is 1. The molecule has 0 spiro atoms. The van der Waals surface area contributed by atoms with E-state index in [1.54, 1.807) is 0 Å². The molecule has 0 aliphatic rings. The van der Waals surface area contributed by atoms with Gasteiger partial charge in [0.05, 0.1) is 10.7 Å². The minimum absolute atomic E-state index is 0.0989. The van der Waals surface area contributed by atoms with Crippen molar-refractivity contribution in [1.29, 1.82) is 0 Å². The van der Waals surface area contributed by atoms with Crippen LogP contribution in [0.2, 0.25) is 0 Å². The molecule has 0 heterocycles. The van der Waals surface area contributed by atoms with Crippen LogP contribution in [0.15, 0.2) is 24.3 Å². The van der Waals surface area contributed by atoms with E-state index in [0.29, 0.717) is 5.56 Å². The lowest BCUT2D eigenvalue weighted by Crippen LogP contribution is -2.18. The first-order valence-electron chi connectivity index (χ1n) is 4.46. The average Bonchev–Trinajstić information content (AvgIpc) is 2.17. The van der Waals surface area contributed by atoms with Gasteiger partial charge in [0, 0.05) is 12.1 Å². The van der Waals surface area contributed by atoms with Crippen LogP contribution < -0.4 is 0 Å². The van der Waals surface area contributed by atoms with Crippen molar-refractivity contribution in [1.82, 2.24) is 0 Å². The SMILES string of the molecule is CC(O)S(=O)(=O)Cc1ccc([N+](=O)[O-])cc1. The molecular formula is C9H11NO5S. The van der Waals surface area contributed by atoms with E-state index in [4.69, 9.17) is 5.11 Å². The largest absolute Gasteiger partial charge is 0.377 e. The van der Waals surface area contributed by atoms with Gasteiger partial charge >= 0.3 is 0 Å². The number of aliphatic hydroxyl groups is 1. The van der Waals surface area contributed by atoms with Crippen LogP contribution in [0.25, 0.3) is 0 Å². The summed E-state index contributed by atoms with van der Waals surface area (Å²) in [6, 6.07) is 5.18. The minimum atomic E-state index is -3.60.